The fourth-order valence-electron chi connectivity index (χ4n) is 2.97. The molecule has 1 aromatic heterocycles. The molecule has 0 fully saturated rings. The van der Waals surface area contributed by atoms with Crippen molar-refractivity contribution in [3.8, 4) is 5.75 Å². The Labute approximate surface area is 205 Å². The first-order chi connectivity index (χ1) is 17.2. The highest BCUT2D eigenvalue weighted by atomic mass is 16.5. The van der Waals surface area contributed by atoms with Gasteiger partial charge in [-0.3, -0.25) is 14.6 Å². The topological polar surface area (TPSA) is 80.3 Å². The molecule has 0 aliphatic carbocycles. The number of amides is 2. The molecule has 0 aliphatic rings. The molecule has 176 valence electrons. The van der Waals surface area contributed by atoms with E-state index in [2.05, 4.69) is 15.6 Å². The second-order valence-corrected chi connectivity index (χ2v) is 7.35. The van der Waals surface area contributed by atoms with Crippen LogP contribution in [0.3, 0.4) is 0 Å². The van der Waals surface area contributed by atoms with Crippen molar-refractivity contribution in [3.63, 3.8) is 0 Å². The van der Waals surface area contributed by atoms with Gasteiger partial charge >= 0.3 is 0 Å². The van der Waals surface area contributed by atoms with Crippen LogP contribution in [-0.2, 0) is 11.3 Å². The summed E-state index contributed by atoms with van der Waals surface area (Å²) in [7, 11) is 1.59. The van der Waals surface area contributed by atoms with Crippen molar-refractivity contribution in [2.24, 2.45) is 0 Å². The summed E-state index contributed by atoms with van der Waals surface area (Å²) in [5, 5.41) is 5.52. The predicted molar refractivity (Wildman–Crippen MR) is 137 cm³/mol. The minimum Gasteiger partial charge on any atom is -0.497 e. The van der Waals surface area contributed by atoms with E-state index in [-0.39, 0.29) is 11.6 Å². The van der Waals surface area contributed by atoms with Gasteiger partial charge in [0, 0.05) is 24.5 Å². The molecular formula is C29H27N3O3. The Morgan fingerprint density at radius 1 is 0.829 bits per heavy atom. The highest BCUT2D eigenvalue weighted by molar-refractivity contribution is 6.05. The second kappa shape index (κ2) is 13.7. The molecule has 0 saturated carbocycles. The molecule has 4 aromatic rings. The molecule has 2 N–H and O–H groups in total. The number of carbonyl (C=O) groups excluding carboxylic acids is 2. The van der Waals surface area contributed by atoms with Crippen LogP contribution < -0.4 is 15.4 Å². The van der Waals surface area contributed by atoms with Crippen molar-refractivity contribution in [2.75, 3.05) is 7.11 Å². The van der Waals surface area contributed by atoms with Crippen LogP contribution in [0.15, 0.2) is 121 Å². The Morgan fingerprint density at radius 2 is 1.46 bits per heavy atom. The van der Waals surface area contributed by atoms with Crippen LogP contribution in [0.2, 0.25) is 0 Å². The van der Waals surface area contributed by atoms with E-state index in [1.54, 1.807) is 68.0 Å². The maximum absolute atomic E-state index is 12.8. The lowest BCUT2D eigenvalue weighted by Crippen LogP contribution is -2.34. The highest BCUT2D eigenvalue weighted by Gasteiger charge is 2.14. The first-order valence-electron chi connectivity index (χ1n) is 11.0. The molecular weight excluding hydrogens is 438 g/mol. The van der Waals surface area contributed by atoms with Gasteiger partial charge in [-0.25, -0.2) is 0 Å². The number of nitrogens with one attached hydrogen (secondary N) is 2. The number of ether oxygens (including phenoxy) is 1. The molecule has 6 heteroatoms. The molecule has 0 atom stereocenters. The Bertz CT molecular complexity index is 1180. The third kappa shape index (κ3) is 8.63. The smallest absolute Gasteiger partial charge is 0.268 e. The minimum atomic E-state index is -0.394. The first kappa shape index (κ1) is 24.9. The maximum Gasteiger partial charge on any atom is 0.268 e. The third-order valence-electron chi connectivity index (χ3n) is 4.80. The van der Waals surface area contributed by atoms with Crippen molar-refractivity contribution >= 4 is 17.9 Å². The molecule has 35 heavy (non-hydrogen) atoms. The lowest BCUT2D eigenvalue weighted by atomic mass is 10.1. The normalized spacial score (nSPS) is 10.4. The van der Waals surface area contributed by atoms with Gasteiger partial charge in [-0.1, -0.05) is 72.8 Å². The Kier molecular flexibility index (Phi) is 9.79. The van der Waals surface area contributed by atoms with E-state index in [4.69, 9.17) is 4.74 Å². The average Bonchev–Trinajstić information content (AvgIpc) is 2.94. The predicted octanol–water partition coefficient (Wildman–Crippen LogP) is 4.86. The number of carbonyl (C=O) groups is 2. The van der Waals surface area contributed by atoms with Gasteiger partial charge in [0.25, 0.3) is 11.8 Å². The van der Waals surface area contributed by atoms with Gasteiger partial charge in [0.05, 0.1) is 7.11 Å². The minimum absolute atomic E-state index is 0.146. The van der Waals surface area contributed by atoms with Crippen LogP contribution in [0.5, 0.6) is 5.75 Å². The van der Waals surface area contributed by atoms with Gasteiger partial charge in [-0.2, -0.15) is 0 Å². The molecule has 0 aliphatic heterocycles. The SMILES string of the molecule is COc1ccc(/C=C(\NC(=O)c2ccccc2)C(=O)NCc2cccnc2)cc1.c1ccccc1. The summed E-state index contributed by atoms with van der Waals surface area (Å²) in [6.07, 6.45) is 4.97. The molecule has 1 heterocycles. The van der Waals surface area contributed by atoms with E-state index in [1.807, 2.05) is 60.7 Å². The van der Waals surface area contributed by atoms with Crippen molar-refractivity contribution in [2.45, 2.75) is 6.54 Å². The zero-order valence-corrected chi connectivity index (χ0v) is 19.4. The molecule has 0 bridgehead atoms. The summed E-state index contributed by atoms with van der Waals surface area (Å²) in [6, 6.07) is 31.6. The van der Waals surface area contributed by atoms with E-state index in [1.165, 1.54) is 0 Å². The van der Waals surface area contributed by atoms with Crippen molar-refractivity contribution < 1.29 is 14.3 Å². The summed E-state index contributed by atoms with van der Waals surface area (Å²) in [5.41, 5.74) is 2.23. The van der Waals surface area contributed by atoms with E-state index in [0.29, 0.717) is 17.9 Å². The Morgan fingerprint density at radius 3 is 2.03 bits per heavy atom. The van der Waals surface area contributed by atoms with Gasteiger partial charge in [-0.05, 0) is 47.5 Å². The Balaban J connectivity index is 0.000000497. The number of methoxy groups -OCH3 is 1. The first-order valence-corrected chi connectivity index (χ1v) is 11.0. The number of pyridine rings is 1. The van der Waals surface area contributed by atoms with E-state index in [0.717, 1.165) is 11.1 Å². The number of hydrogen-bond acceptors (Lipinski definition) is 4. The molecule has 6 nitrogen and oxygen atoms in total. The highest BCUT2D eigenvalue weighted by Crippen LogP contribution is 2.14. The molecule has 0 unspecified atom stereocenters. The van der Waals surface area contributed by atoms with E-state index in [9.17, 15) is 9.59 Å². The quantitative estimate of drug-likeness (QED) is 0.382. The van der Waals surface area contributed by atoms with Crippen LogP contribution in [0.25, 0.3) is 6.08 Å². The molecule has 0 spiro atoms. The molecule has 4 rings (SSSR count). The fraction of sp³-hybridized carbons (Fsp3) is 0.0690. The monoisotopic (exact) mass is 465 g/mol. The average molecular weight is 466 g/mol. The lowest BCUT2D eigenvalue weighted by molar-refractivity contribution is -0.117. The number of hydrogen-bond donors (Lipinski definition) is 2. The van der Waals surface area contributed by atoms with Crippen LogP contribution in [0.4, 0.5) is 0 Å². The van der Waals surface area contributed by atoms with Gasteiger partial charge in [-0.15, -0.1) is 0 Å². The Hall–Kier alpha value is -4.71. The largest absolute Gasteiger partial charge is 0.497 e. The van der Waals surface area contributed by atoms with E-state index < -0.39 is 5.91 Å². The van der Waals surface area contributed by atoms with Crippen molar-refractivity contribution in [3.05, 3.63) is 138 Å². The summed E-state index contributed by atoms with van der Waals surface area (Å²) >= 11 is 0. The van der Waals surface area contributed by atoms with Gasteiger partial charge < -0.3 is 15.4 Å². The summed E-state index contributed by atoms with van der Waals surface area (Å²) in [5.74, 6) is -0.0473. The zero-order valence-electron chi connectivity index (χ0n) is 19.4. The van der Waals surface area contributed by atoms with Crippen LogP contribution in [0.1, 0.15) is 21.5 Å². The third-order valence-corrected chi connectivity index (χ3v) is 4.80. The number of rotatable bonds is 7. The van der Waals surface area contributed by atoms with Crippen LogP contribution in [0, 0.1) is 0 Å². The van der Waals surface area contributed by atoms with Crippen molar-refractivity contribution in [1.29, 1.82) is 0 Å². The number of nitrogens with zero attached hydrogens (tertiary/aromatic N) is 1. The van der Waals surface area contributed by atoms with Gasteiger partial charge in [0.1, 0.15) is 11.4 Å². The molecule has 0 saturated heterocycles. The second-order valence-electron chi connectivity index (χ2n) is 7.35. The lowest BCUT2D eigenvalue weighted by Gasteiger charge is -2.11. The van der Waals surface area contributed by atoms with Gasteiger partial charge in [0.2, 0.25) is 0 Å². The fourth-order valence-corrected chi connectivity index (χ4v) is 2.97. The molecule has 3 aromatic carbocycles. The summed E-state index contributed by atoms with van der Waals surface area (Å²) in [4.78, 5) is 29.4. The summed E-state index contributed by atoms with van der Waals surface area (Å²) < 4.78 is 5.16. The number of benzene rings is 3. The van der Waals surface area contributed by atoms with Crippen LogP contribution >= 0.6 is 0 Å². The van der Waals surface area contributed by atoms with Gasteiger partial charge in [0.15, 0.2) is 0 Å². The standard InChI is InChI=1S/C23H21N3O3.C6H6/c1-29-20-11-9-17(10-12-20)14-21(26-22(27)19-7-3-2-4-8-19)23(28)25-16-18-6-5-13-24-15-18;1-2-4-6-5-3-1/h2-15H,16H2,1H3,(H,25,28)(H,26,27);1-6H/b21-14-;. The zero-order chi connectivity index (χ0) is 24.7. The molecule has 0 radical (unpaired) electrons. The maximum atomic E-state index is 12.8. The van der Waals surface area contributed by atoms with Crippen LogP contribution in [-0.4, -0.2) is 23.9 Å². The van der Waals surface area contributed by atoms with E-state index >= 15 is 0 Å². The number of aromatic nitrogens is 1. The van der Waals surface area contributed by atoms with Crippen molar-refractivity contribution in [1.82, 2.24) is 15.6 Å². The summed E-state index contributed by atoms with van der Waals surface area (Å²) in [6.45, 7) is 0.299. The molecule has 2 amide bonds.